The van der Waals surface area contributed by atoms with E-state index in [9.17, 15) is 9.59 Å². The highest BCUT2D eigenvalue weighted by molar-refractivity contribution is 6.20. The first-order chi connectivity index (χ1) is 25.3. The highest BCUT2D eigenvalue weighted by Crippen LogP contribution is 2.69. The molecule has 2 bridgehead atoms. The van der Waals surface area contributed by atoms with E-state index < -0.39 is 10.8 Å². The van der Waals surface area contributed by atoms with Crippen molar-refractivity contribution in [1.82, 2.24) is 0 Å². The van der Waals surface area contributed by atoms with Gasteiger partial charge in [-0.15, -0.1) is 0 Å². The average molecular weight is 715 g/mol. The van der Waals surface area contributed by atoms with E-state index in [1.54, 1.807) is 0 Å². The van der Waals surface area contributed by atoms with E-state index in [1.807, 2.05) is 24.3 Å². The van der Waals surface area contributed by atoms with Gasteiger partial charge in [0.05, 0.1) is 10.8 Å². The van der Waals surface area contributed by atoms with Gasteiger partial charge in [0.25, 0.3) is 0 Å². The minimum absolute atomic E-state index is 0.136. The standard InChI is InChI=1S/C51H70O2/c1-37(2)18-12-19-38(3)20-13-21-39(4)22-14-23-40(5)24-15-25-41(6)26-16-27-42(7)28-17-29-43(8)34-35-51-45-33-32-44(36-45)50(51,9)48(52)46-30-10-11-31-47(46)49(51)53/h10-11,18,20,22,24,26,28,30-34,44-45H,12-17,19,21,23,25,27,29,35-36H2,1-9H3/b38-20-,39-22-,40-24-,41-26-,42-28-,43-34+. The molecule has 0 spiro atoms. The summed E-state index contributed by atoms with van der Waals surface area (Å²) >= 11 is 0. The maximum Gasteiger partial charge on any atom is 0.171 e. The van der Waals surface area contributed by atoms with Crippen LogP contribution in [0, 0.1) is 22.7 Å². The summed E-state index contributed by atoms with van der Waals surface area (Å²) in [5, 5.41) is 0. The Morgan fingerprint density at radius 1 is 0.528 bits per heavy atom. The number of rotatable bonds is 20. The van der Waals surface area contributed by atoms with Crippen LogP contribution in [0.1, 0.15) is 173 Å². The first-order valence-electron chi connectivity index (χ1n) is 20.7. The Morgan fingerprint density at radius 3 is 1.30 bits per heavy atom. The molecule has 0 heterocycles. The molecule has 4 unspecified atom stereocenters. The van der Waals surface area contributed by atoms with Crippen LogP contribution < -0.4 is 0 Å². The van der Waals surface area contributed by atoms with Crippen LogP contribution in [0.25, 0.3) is 0 Å². The molecule has 1 aromatic carbocycles. The van der Waals surface area contributed by atoms with Crippen LogP contribution in [-0.2, 0) is 0 Å². The van der Waals surface area contributed by atoms with E-state index in [0.29, 0.717) is 17.5 Å². The monoisotopic (exact) mass is 715 g/mol. The van der Waals surface area contributed by atoms with Gasteiger partial charge in [0.2, 0.25) is 0 Å². The molecule has 0 saturated heterocycles. The number of hydrogen-bond acceptors (Lipinski definition) is 2. The van der Waals surface area contributed by atoms with Gasteiger partial charge in [-0.05, 0) is 157 Å². The van der Waals surface area contributed by atoms with Crippen LogP contribution in [0.4, 0.5) is 0 Å². The summed E-state index contributed by atoms with van der Waals surface area (Å²) in [5.74, 6) is 0.620. The van der Waals surface area contributed by atoms with E-state index in [2.05, 4.69) is 117 Å². The van der Waals surface area contributed by atoms with Crippen molar-refractivity contribution in [1.29, 1.82) is 0 Å². The maximum atomic E-state index is 14.2. The quantitative estimate of drug-likeness (QED) is 0.126. The molecule has 0 aliphatic heterocycles. The summed E-state index contributed by atoms with van der Waals surface area (Å²) < 4.78 is 0. The number of Topliss-reactive ketones (excluding diaryl/α,β-unsaturated/α-hetero) is 2. The SMILES string of the molecule is CC(C)=CCC/C(C)=C\CC/C(C)=C\CC/C(C)=C\CC/C(C)=C\CC/C(C)=C\CC/C(C)=C/CC12C(=O)c3ccccc3C(=O)C1(C)C1C=CC2C1. The zero-order valence-electron chi connectivity index (χ0n) is 34.9. The first kappa shape index (κ1) is 42.2. The summed E-state index contributed by atoms with van der Waals surface area (Å²) in [6.07, 6.45) is 36.1. The lowest BCUT2D eigenvalue weighted by molar-refractivity contribution is 0.0242. The number of carbonyl (C=O) groups is 2. The highest BCUT2D eigenvalue weighted by Gasteiger charge is 2.71. The lowest BCUT2D eigenvalue weighted by Crippen LogP contribution is -2.56. The van der Waals surface area contributed by atoms with Crippen molar-refractivity contribution in [2.75, 3.05) is 0 Å². The Bertz CT molecular complexity index is 1710. The molecule has 1 saturated carbocycles. The summed E-state index contributed by atoms with van der Waals surface area (Å²) in [6.45, 7) is 20.0. The Hall–Kier alpha value is -3.52. The van der Waals surface area contributed by atoms with Gasteiger partial charge in [0.15, 0.2) is 11.6 Å². The van der Waals surface area contributed by atoms with Crippen molar-refractivity contribution in [3.05, 3.63) is 129 Å². The number of ketones is 2. The zero-order valence-corrected chi connectivity index (χ0v) is 34.9. The second-order valence-corrected chi connectivity index (χ2v) is 17.2. The third kappa shape index (κ3) is 10.6. The van der Waals surface area contributed by atoms with Gasteiger partial charge >= 0.3 is 0 Å². The third-order valence-electron chi connectivity index (χ3n) is 12.7. The Labute approximate surface area is 324 Å². The molecule has 2 heteroatoms. The minimum Gasteiger partial charge on any atom is -0.293 e. The molecular formula is C51H70O2. The Balaban J connectivity index is 1.15. The van der Waals surface area contributed by atoms with Gasteiger partial charge in [0, 0.05) is 11.1 Å². The highest BCUT2D eigenvalue weighted by atomic mass is 16.1. The Kier molecular flexibility index (Phi) is 15.7. The van der Waals surface area contributed by atoms with Crippen LogP contribution in [0.15, 0.2) is 118 Å². The average Bonchev–Trinajstić information content (AvgIpc) is 3.70. The van der Waals surface area contributed by atoms with Crippen molar-refractivity contribution in [3.63, 3.8) is 0 Å². The lowest BCUT2D eigenvalue weighted by atomic mass is 9.49. The van der Waals surface area contributed by atoms with E-state index >= 15 is 0 Å². The van der Waals surface area contributed by atoms with Gasteiger partial charge in [-0.1, -0.05) is 125 Å². The molecule has 4 rings (SSSR count). The second kappa shape index (κ2) is 19.7. The molecule has 0 amide bonds. The predicted octanol–water partition coefficient (Wildman–Crippen LogP) is 15.0. The van der Waals surface area contributed by atoms with Crippen LogP contribution >= 0.6 is 0 Å². The number of carbonyl (C=O) groups excluding carboxylic acids is 2. The number of allylic oxidation sites excluding steroid dienone is 16. The van der Waals surface area contributed by atoms with E-state index in [4.69, 9.17) is 0 Å². The van der Waals surface area contributed by atoms with E-state index in [0.717, 1.165) is 70.6 Å². The number of benzene rings is 1. The Morgan fingerprint density at radius 2 is 0.887 bits per heavy atom. The molecule has 1 fully saturated rings. The minimum atomic E-state index is -0.665. The normalized spacial score (nSPS) is 24.9. The van der Waals surface area contributed by atoms with Gasteiger partial charge in [0.1, 0.15) is 0 Å². The smallest absolute Gasteiger partial charge is 0.171 e. The fourth-order valence-corrected chi connectivity index (χ4v) is 9.11. The van der Waals surface area contributed by atoms with Crippen molar-refractivity contribution in [2.45, 2.75) is 152 Å². The molecule has 2 nitrogen and oxygen atoms in total. The van der Waals surface area contributed by atoms with Crippen molar-refractivity contribution in [2.24, 2.45) is 22.7 Å². The topological polar surface area (TPSA) is 34.1 Å². The molecule has 53 heavy (non-hydrogen) atoms. The molecule has 0 aromatic heterocycles. The lowest BCUT2D eigenvalue weighted by Gasteiger charge is -2.50. The first-order valence-corrected chi connectivity index (χ1v) is 20.7. The van der Waals surface area contributed by atoms with Crippen molar-refractivity contribution >= 4 is 11.6 Å². The summed E-state index contributed by atoms with van der Waals surface area (Å²) in [4.78, 5) is 28.2. The second-order valence-electron chi connectivity index (χ2n) is 17.2. The zero-order chi connectivity index (χ0) is 38.6. The van der Waals surface area contributed by atoms with Gasteiger partial charge in [-0.2, -0.15) is 0 Å². The molecule has 4 atom stereocenters. The van der Waals surface area contributed by atoms with Crippen LogP contribution in [0.2, 0.25) is 0 Å². The number of hydrogen-bond donors (Lipinski definition) is 0. The van der Waals surface area contributed by atoms with Gasteiger partial charge < -0.3 is 0 Å². The largest absolute Gasteiger partial charge is 0.293 e. The molecule has 0 N–H and O–H groups in total. The number of fused-ring (bicyclic) bond motifs is 6. The summed E-state index contributed by atoms with van der Waals surface area (Å²) in [7, 11) is 0. The van der Waals surface area contributed by atoms with Crippen LogP contribution in [0.5, 0.6) is 0 Å². The third-order valence-corrected chi connectivity index (χ3v) is 12.7. The molecule has 3 aliphatic rings. The van der Waals surface area contributed by atoms with Crippen LogP contribution in [-0.4, -0.2) is 11.6 Å². The fraction of sp³-hybridized carbons (Fsp3) is 0.529. The van der Waals surface area contributed by atoms with E-state index in [1.165, 1.54) is 51.9 Å². The molecular weight excluding hydrogens is 645 g/mol. The molecule has 0 radical (unpaired) electrons. The van der Waals surface area contributed by atoms with E-state index in [-0.39, 0.29) is 23.4 Å². The van der Waals surface area contributed by atoms with Gasteiger partial charge in [-0.25, -0.2) is 0 Å². The molecule has 286 valence electrons. The van der Waals surface area contributed by atoms with Gasteiger partial charge in [-0.3, -0.25) is 9.59 Å². The maximum absolute atomic E-state index is 14.2. The summed E-state index contributed by atoms with van der Waals surface area (Å²) in [5.41, 5.74) is 10.1. The van der Waals surface area contributed by atoms with Crippen molar-refractivity contribution in [3.8, 4) is 0 Å². The van der Waals surface area contributed by atoms with Crippen molar-refractivity contribution < 1.29 is 9.59 Å². The van der Waals surface area contributed by atoms with Crippen LogP contribution in [0.3, 0.4) is 0 Å². The summed E-state index contributed by atoms with van der Waals surface area (Å²) in [6, 6.07) is 7.50. The molecule has 3 aliphatic carbocycles. The fourth-order valence-electron chi connectivity index (χ4n) is 9.11. The molecule has 1 aromatic rings. The predicted molar refractivity (Wildman–Crippen MR) is 228 cm³/mol.